The summed E-state index contributed by atoms with van der Waals surface area (Å²) >= 11 is 0. The van der Waals surface area contributed by atoms with Crippen LogP contribution in [0.4, 0.5) is 0 Å². The number of carbonyl (C=O) groups is 1. The molecule has 3 heteroatoms. The summed E-state index contributed by atoms with van der Waals surface area (Å²) in [7, 11) is 1.77. The molecular weight excluding hydrogens is 226 g/mol. The number of hydrogen-bond donors (Lipinski definition) is 0. The molecule has 0 spiro atoms. The maximum absolute atomic E-state index is 12.3. The molecule has 90 valence electrons. The number of pyridine rings is 1. The van der Waals surface area contributed by atoms with Gasteiger partial charge in [0, 0.05) is 24.4 Å². The van der Waals surface area contributed by atoms with Gasteiger partial charge in [-0.1, -0.05) is 18.2 Å². The van der Waals surface area contributed by atoms with E-state index in [0.29, 0.717) is 18.4 Å². The molecular formula is C15H13NO2. The molecule has 0 atom stereocenters. The maximum atomic E-state index is 12.3. The highest BCUT2D eigenvalue weighted by molar-refractivity contribution is 5.97. The highest BCUT2D eigenvalue weighted by atomic mass is 16.1. The van der Waals surface area contributed by atoms with Crippen molar-refractivity contribution in [3.8, 4) is 0 Å². The van der Waals surface area contributed by atoms with Gasteiger partial charge in [-0.15, -0.1) is 0 Å². The first-order valence-electron chi connectivity index (χ1n) is 6.00. The molecule has 0 bridgehead atoms. The number of allylic oxidation sites excluding steroid dienone is 1. The van der Waals surface area contributed by atoms with Crippen molar-refractivity contribution in [1.82, 2.24) is 4.57 Å². The van der Waals surface area contributed by atoms with Gasteiger partial charge in [-0.2, -0.15) is 0 Å². The lowest BCUT2D eigenvalue weighted by atomic mass is 10.00. The number of hydrogen-bond acceptors (Lipinski definition) is 2. The van der Waals surface area contributed by atoms with E-state index in [9.17, 15) is 9.59 Å². The van der Waals surface area contributed by atoms with Crippen LogP contribution in [0, 0.1) is 0 Å². The van der Waals surface area contributed by atoms with Crippen molar-refractivity contribution in [2.45, 2.75) is 12.8 Å². The molecule has 0 fully saturated rings. The largest absolute Gasteiger partial charge is 0.311 e. The van der Waals surface area contributed by atoms with Crippen LogP contribution < -0.4 is 5.56 Å². The maximum Gasteiger partial charge on any atom is 0.258 e. The lowest BCUT2D eigenvalue weighted by molar-refractivity contribution is -0.114. The second kappa shape index (κ2) is 3.95. The van der Waals surface area contributed by atoms with E-state index >= 15 is 0 Å². The van der Waals surface area contributed by atoms with Crippen LogP contribution in [0.3, 0.4) is 0 Å². The average Bonchev–Trinajstić information content (AvgIpc) is 2.58. The van der Waals surface area contributed by atoms with Crippen molar-refractivity contribution >= 4 is 22.8 Å². The summed E-state index contributed by atoms with van der Waals surface area (Å²) in [5.41, 5.74) is 2.54. The summed E-state index contributed by atoms with van der Waals surface area (Å²) < 4.78 is 1.65. The van der Waals surface area contributed by atoms with Gasteiger partial charge in [-0.25, -0.2) is 0 Å². The Morgan fingerprint density at radius 1 is 1.06 bits per heavy atom. The summed E-state index contributed by atoms with van der Waals surface area (Å²) in [5.74, 6) is 0.0809. The van der Waals surface area contributed by atoms with Crippen LogP contribution in [-0.2, 0) is 18.3 Å². The number of aromatic nitrogens is 1. The first kappa shape index (κ1) is 11.0. The number of carbonyl (C=O) groups excluding carboxylic acids is 1. The molecule has 1 aliphatic carbocycles. The molecule has 0 saturated heterocycles. The van der Waals surface area contributed by atoms with Gasteiger partial charge in [0.25, 0.3) is 5.56 Å². The number of para-hydroxylation sites is 1. The first-order valence-corrected chi connectivity index (χ1v) is 6.00. The number of nitrogens with zero attached hydrogens (tertiary/aromatic N) is 1. The Kier molecular flexibility index (Phi) is 2.40. The molecule has 1 aliphatic rings. The molecule has 18 heavy (non-hydrogen) atoms. The van der Waals surface area contributed by atoms with Crippen molar-refractivity contribution in [2.24, 2.45) is 7.05 Å². The topological polar surface area (TPSA) is 39.1 Å². The Labute approximate surface area is 104 Å². The third kappa shape index (κ3) is 1.51. The molecule has 3 nitrogen and oxygen atoms in total. The van der Waals surface area contributed by atoms with E-state index in [1.807, 2.05) is 24.3 Å². The Morgan fingerprint density at radius 2 is 1.83 bits per heavy atom. The molecule has 2 aromatic rings. The number of ketones is 1. The fraction of sp³-hybridized carbons (Fsp3) is 0.200. The summed E-state index contributed by atoms with van der Waals surface area (Å²) in [6.07, 6.45) is 4.29. The predicted molar refractivity (Wildman–Crippen MR) is 71.6 cm³/mol. The van der Waals surface area contributed by atoms with Gasteiger partial charge < -0.3 is 4.57 Å². The van der Waals surface area contributed by atoms with Crippen molar-refractivity contribution in [1.29, 1.82) is 0 Å². The number of rotatable bonds is 0. The molecule has 3 rings (SSSR count). The van der Waals surface area contributed by atoms with Gasteiger partial charge in [0.2, 0.25) is 0 Å². The average molecular weight is 239 g/mol. The molecule has 0 unspecified atom stereocenters. The zero-order chi connectivity index (χ0) is 12.7. The number of fused-ring (bicyclic) bond motifs is 3. The van der Waals surface area contributed by atoms with E-state index in [4.69, 9.17) is 0 Å². The SMILES string of the molecule is Cn1c(=O)c2c(c3ccccc31)CCC(=O)C=C2. The van der Waals surface area contributed by atoms with Gasteiger partial charge in [0.15, 0.2) is 5.78 Å². The molecule has 1 aromatic carbocycles. The van der Waals surface area contributed by atoms with E-state index in [2.05, 4.69) is 0 Å². The first-order chi connectivity index (χ1) is 8.68. The van der Waals surface area contributed by atoms with E-state index in [1.54, 1.807) is 17.7 Å². The molecule has 0 radical (unpaired) electrons. The minimum absolute atomic E-state index is 0.0327. The Hall–Kier alpha value is -2.16. The van der Waals surface area contributed by atoms with Crippen LogP contribution in [0.1, 0.15) is 17.5 Å². The van der Waals surface area contributed by atoms with E-state index in [1.165, 1.54) is 6.08 Å². The van der Waals surface area contributed by atoms with Crippen LogP contribution in [0.25, 0.3) is 17.0 Å². The standard InChI is InChI=1S/C15H13NO2/c1-16-14-5-3-2-4-12(14)11-8-6-10(17)7-9-13(11)15(16)18/h2-5,7,9H,6,8H2,1H3. The molecule has 1 aromatic heterocycles. The van der Waals surface area contributed by atoms with Gasteiger partial charge in [0.05, 0.1) is 5.52 Å². The summed E-state index contributed by atoms with van der Waals surface area (Å²) in [4.78, 5) is 23.8. The number of aryl methyl sites for hydroxylation is 2. The van der Waals surface area contributed by atoms with E-state index in [-0.39, 0.29) is 11.3 Å². The van der Waals surface area contributed by atoms with Crippen LogP contribution in [0.5, 0.6) is 0 Å². The van der Waals surface area contributed by atoms with E-state index < -0.39 is 0 Å². The normalized spacial score (nSPS) is 14.6. The van der Waals surface area contributed by atoms with Crippen LogP contribution in [0.2, 0.25) is 0 Å². The lowest BCUT2D eigenvalue weighted by Gasteiger charge is -2.12. The minimum Gasteiger partial charge on any atom is -0.311 e. The second-order valence-electron chi connectivity index (χ2n) is 4.57. The van der Waals surface area contributed by atoms with Crippen molar-refractivity contribution in [3.05, 3.63) is 51.8 Å². The quantitative estimate of drug-likeness (QED) is 0.706. The Bertz CT molecular complexity index is 738. The second-order valence-corrected chi connectivity index (χ2v) is 4.57. The summed E-state index contributed by atoms with van der Waals surface area (Å²) in [5, 5.41) is 1.06. The fourth-order valence-electron chi connectivity index (χ4n) is 2.53. The van der Waals surface area contributed by atoms with E-state index in [0.717, 1.165) is 16.5 Å². The highest BCUT2D eigenvalue weighted by Gasteiger charge is 2.16. The van der Waals surface area contributed by atoms with Gasteiger partial charge in [-0.05, 0) is 30.2 Å². The zero-order valence-electron chi connectivity index (χ0n) is 10.1. The summed E-state index contributed by atoms with van der Waals surface area (Å²) in [6.45, 7) is 0. The molecule has 0 amide bonds. The monoisotopic (exact) mass is 239 g/mol. The van der Waals surface area contributed by atoms with Crippen molar-refractivity contribution < 1.29 is 4.79 Å². The summed E-state index contributed by atoms with van der Waals surface area (Å²) in [6, 6.07) is 7.83. The number of benzene rings is 1. The predicted octanol–water partition coefficient (Wildman–Crippen LogP) is 2.07. The Balaban J connectivity index is 2.46. The third-order valence-corrected chi connectivity index (χ3v) is 3.51. The van der Waals surface area contributed by atoms with Crippen LogP contribution in [-0.4, -0.2) is 10.4 Å². The van der Waals surface area contributed by atoms with Gasteiger partial charge >= 0.3 is 0 Å². The molecule has 0 N–H and O–H groups in total. The Morgan fingerprint density at radius 3 is 2.67 bits per heavy atom. The van der Waals surface area contributed by atoms with Crippen LogP contribution >= 0.6 is 0 Å². The molecule has 0 saturated carbocycles. The zero-order valence-corrected chi connectivity index (χ0v) is 10.1. The fourth-order valence-corrected chi connectivity index (χ4v) is 2.53. The molecule has 1 heterocycles. The van der Waals surface area contributed by atoms with Crippen molar-refractivity contribution in [3.63, 3.8) is 0 Å². The molecule has 0 aliphatic heterocycles. The smallest absolute Gasteiger partial charge is 0.258 e. The van der Waals surface area contributed by atoms with Gasteiger partial charge in [-0.3, -0.25) is 9.59 Å². The lowest BCUT2D eigenvalue weighted by Crippen LogP contribution is -2.21. The van der Waals surface area contributed by atoms with Crippen molar-refractivity contribution in [2.75, 3.05) is 0 Å². The van der Waals surface area contributed by atoms with Gasteiger partial charge in [0.1, 0.15) is 0 Å². The minimum atomic E-state index is -0.0327. The highest BCUT2D eigenvalue weighted by Crippen LogP contribution is 2.23. The van der Waals surface area contributed by atoms with Crippen LogP contribution in [0.15, 0.2) is 35.1 Å². The third-order valence-electron chi connectivity index (χ3n) is 3.51.